The first-order chi connectivity index (χ1) is 8.24. The lowest BCUT2D eigenvalue weighted by atomic mass is 9.82. The molecule has 2 aromatic rings. The van der Waals surface area contributed by atoms with Gasteiger partial charge in [0, 0.05) is 6.54 Å². The topological polar surface area (TPSA) is 70.9 Å². The Bertz CT molecular complexity index is 535. The van der Waals surface area contributed by atoms with Crippen molar-refractivity contribution in [2.45, 2.75) is 25.9 Å². The molecule has 2 heterocycles. The molecule has 0 unspecified atom stereocenters. The minimum Gasteiger partial charge on any atom is -0.393 e. The molecular weight excluding hydrogens is 236 g/mol. The summed E-state index contributed by atoms with van der Waals surface area (Å²) >= 11 is 1.40. The lowest BCUT2D eigenvalue weighted by molar-refractivity contribution is 0.0486. The molecular formula is C11H14N4OS. The van der Waals surface area contributed by atoms with E-state index in [0.717, 1.165) is 41.1 Å². The van der Waals surface area contributed by atoms with Crippen LogP contribution in [0.4, 0.5) is 5.82 Å². The Morgan fingerprint density at radius 2 is 2.29 bits per heavy atom. The van der Waals surface area contributed by atoms with Crippen LogP contribution in [0, 0.1) is 12.8 Å². The summed E-state index contributed by atoms with van der Waals surface area (Å²) in [6, 6.07) is 0. The number of nitrogens with one attached hydrogen (secondary N) is 1. The number of anilines is 1. The van der Waals surface area contributed by atoms with Crippen LogP contribution in [-0.2, 0) is 0 Å². The SMILES string of the molecule is Cc1nsc2ncnc(NCC3CC(O)C3)c12. The van der Waals surface area contributed by atoms with Gasteiger partial charge in [0.25, 0.3) is 0 Å². The maximum Gasteiger partial charge on any atom is 0.149 e. The van der Waals surface area contributed by atoms with E-state index in [1.807, 2.05) is 6.92 Å². The predicted octanol–water partition coefficient (Wildman–Crippen LogP) is 1.58. The first kappa shape index (κ1) is 10.9. The zero-order valence-electron chi connectivity index (χ0n) is 9.55. The van der Waals surface area contributed by atoms with Crippen molar-refractivity contribution in [3.63, 3.8) is 0 Å². The Morgan fingerprint density at radius 1 is 1.47 bits per heavy atom. The number of fused-ring (bicyclic) bond motifs is 1. The Hall–Kier alpha value is -1.27. The summed E-state index contributed by atoms with van der Waals surface area (Å²) in [4.78, 5) is 9.40. The smallest absolute Gasteiger partial charge is 0.149 e. The number of aryl methyl sites for hydroxylation is 1. The van der Waals surface area contributed by atoms with Crippen molar-refractivity contribution in [1.82, 2.24) is 14.3 Å². The minimum atomic E-state index is -0.100. The average Bonchev–Trinajstić information content (AvgIpc) is 2.66. The van der Waals surface area contributed by atoms with Gasteiger partial charge in [-0.2, -0.15) is 4.37 Å². The minimum absolute atomic E-state index is 0.100. The second kappa shape index (κ2) is 4.19. The van der Waals surface area contributed by atoms with Crippen LogP contribution in [-0.4, -0.2) is 32.1 Å². The third-order valence-electron chi connectivity index (χ3n) is 3.21. The number of hydrogen-bond donors (Lipinski definition) is 2. The summed E-state index contributed by atoms with van der Waals surface area (Å²) in [7, 11) is 0. The van der Waals surface area contributed by atoms with Crippen LogP contribution in [0.5, 0.6) is 0 Å². The van der Waals surface area contributed by atoms with E-state index < -0.39 is 0 Å². The molecule has 0 atom stereocenters. The van der Waals surface area contributed by atoms with Gasteiger partial charge in [0.2, 0.25) is 0 Å². The van der Waals surface area contributed by atoms with Gasteiger partial charge in [-0.25, -0.2) is 9.97 Å². The highest BCUT2D eigenvalue weighted by Gasteiger charge is 2.27. The van der Waals surface area contributed by atoms with Crippen molar-refractivity contribution < 1.29 is 5.11 Å². The second-order valence-corrected chi connectivity index (χ2v) is 5.29. The van der Waals surface area contributed by atoms with Gasteiger partial charge in [0.1, 0.15) is 17.0 Å². The van der Waals surface area contributed by atoms with Crippen LogP contribution in [0.3, 0.4) is 0 Å². The van der Waals surface area contributed by atoms with Gasteiger partial charge >= 0.3 is 0 Å². The molecule has 6 heteroatoms. The van der Waals surface area contributed by atoms with Crippen LogP contribution in [0.1, 0.15) is 18.5 Å². The van der Waals surface area contributed by atoms with Crippen molar-refractivity contribution in [2.24, 2.45) is 5.92 Å². The third-order valence-corrected chi connectivity index (χ3v) is 4.06. The van der Waals surface area contributed by atoms with E-state index in [4.69, 9.17) is 0 Å². The maximum absolute atomic E-state index is 9.24. The standard InChI is InChI=1S/C11H14N4OS/c1-6-9-10(12-4-7-2-8(16)3-7)13-5-14-11(9)17-15-6/h5,7-8,16H,2-4H2,1H3,(H,12,13,14). The quantitative estimate of drug-likeness (QED) is 0.865. The predicted molar refractivity (Wildman–Crippen MR) is 67.2 cm³/mol. The monoisotopic (exact) mass is 250 g/mol. The molecule has 0 aliphatic heterocycles. The van der Waals surface area contributed by atoms with E-state index in [2.05, 4.69) is 19.7 Å². The molecule has 0 bridgehead atoms. The molecule has 5 nitrogen and oxygen atoms in total. The molecule has 90 valence electrons. The number of nitrogens with zero attached hydrogens (tertiary/aromatic N) is 3. The van der Waals surface area contributed by atoms with E-state index in [0.29, 0.717) is 5.92 Å². The zero-order valence-corrected chi connectivity index (χ0v) is 10.4. The van der Waals surface area contributed by atoms with Crippen LogP contribution in [0.25, 0.3) is 10.2 Å². The molecule has 0 aromatic carbocycles. The molecule has 1 fully saturated rings. The lowest BCUT2D eigenvalue weighted by Gasteiger charge is -2.31. The molecule has 3 rings (SSSR count). The van der Waals surface area contributed by atoms with Gasteiger partial charge in [-0.1, -0.05) is 0 Å². The summed E-state index contributed by atoms with van der Waals surface area (Å²) < 4.78 is 4.29. The van der Waals surface area contributed by atoms with Gasteiger partial charge in [0.15, 0.2) is 0 Å². The highest BCUT2D eigenvalue weighted by atomic mass is 32.1. The fraction of sp³-hybridized carbons (Fsp3) is 0.545. The molecule has 2 aromatic heterocycles. The van der Waals surface area contributed by atoms with Gasteiger partial charge < -0.3 is 10.4 Å². The van der Waals surface area contributed by atoms with Crippen molar-refractivity contribution >= 4 is 27.6 Å². The zero-order chi connectivity index (χ0) is 11.8. The summed E-state index contributed by atoms with van der Waals surface area (Å²) in [5, 5.41) is 13.6. The van der Waals surface area contributed by atoms with E-state index >= 15 is 0 Å². The number of hydrogen-bond acceptors (Lipinski definition) is 6. The Labute approximate surface area is 103 Å². The van der Waals surface area contributed by atoms with Gasteiger partial charge in [0.05, 0.1) is 17.2 Å². The number of aliphatic hydroxyl groups is 1. The van der Waals surface area contributed by atoms with E-state index in [9.17, 15) is 5.11 Å². The number of aromatic nitrogens is 3. The fourth-order valence-electron chi connectivity index (χ4n) is 2.16. The molecule has 1 aliphatic carbocycles. The van der Waals surface area contributed by atoms with Crippen molar-refractivity contribution in [2.75, 3.05) is 11.9 Å². The molecule has 1 aliphatic rings. The summed E-state index contributed by atoms with van der Waals surface area (Å²) in [6.07, 6.45) is 3.25. The fourth-order valence-corrected chi connectivity index (χ4v) is 2.91. The Morgan fingerprint density at radius 3 is 3.06 bits per heavy atom. The molecule has 0 radical (unpaired) electrons. The first-order valence-electron chi connectivity index (χ1n) is 5.73. The molecule has 2 N–H and O–H groups in total. The molecule has 0 amide bonds. The first-order valence-corrected chi connectivity index (χ1v) is 6.50. The van der Waals surface area contributed by atoms with E-state index in [1.165, 1.54) is 11.5 Å². The number of aliphatic hydroxyl groups excluding tert-OH is 1. The van der Waals surface area contributed by atoms with Crippen LogP contribution in [0.15, 0.2) is 6.33 Å². The lowest BCUT2D eigenvalue weighted by Crippen LogP contribution is -2.33. The maximum atomic E-state index is 9.24. The van der Waals surface area contributed by atoms with Crippen LogP contribution >= 0.6 is 11.5 Å². The van der Waals surface area contributed by atoms with Crippen LogP contribution < -0.4 is 5.32 Å². The number of rotatable bonds is 3. The Balaban J connectivity index is 1.78. The van der Waals surface area contributed by atoms with Crippen molar-refractivity contribution in [3.8, 4) is 0 Å². The Kier molecular flexibility index (Phi) is 2.68. The van der Waals surface area contributed by atoms with Crippen LogP contribution in [0.2, 0.25) is 0 Å². The van der Waals surface area contributed by atoms with Gasteiger partial charge in [-0.15, -0.1) is 0 Å². The molecule has 1 saturated carbocycles. The summed E-state index contributed by atoms with van der Waals surface area (Å²) in [6.45, 7) is 2.83. The normalized spacial score (nSPS) is 23.6. The average molecular weight is 250 g/mol. The summed E-state index contributed by atoms with van der Waals surface area (Å²) in [5.74, 6) is 1.42. The molecule has 17 heavy (non-hydrogen) atoms. The highest BCUT2D eigenvalue weighted by molar-refractivity contribution is 7.13. The van der Waals surface area contributed by atoms with E-state index in [-0.39, 0.29) is 6.10 Å². The van der Waals surface area contributed by atoms with Gasteiger partial charge in [-0.05, 0) is 37.2 Å². The van der Waals surface area contributed by atoms with Crippen molar-refractivity contribution in [1.29, 1.82) is 0 Å². The van der Waals surface area contributed by atoms with E-state index in [1.54, 1.807) is 6.33 Å². The molecule has 0 saturated heterocycles. The largest absolute Gasteiger partial charge is 0.393 e. The van der Waals surface area contributed by atoms with Crippen molar-refractivity contribution in [3.05, 3.63) is 12.0 Å². The summed E-state index contributed by atoms with van der Waals surface area (Å²) in [5.41, 5.74) is 0.974. The third kappa shape index (κ3) is 1.98. The van der Waals surface area contributed by atoms with Gasteiger partial charge in [-0.3, -0.25) is 0 Å². The molecule has 0 spiro atoms. The second-order valence-electron chi connectivity index (χ2n) is 4.54. The highest BCUT2D eigenvalue weighted by Crippen LogP contribution is 2.29.